The van der Waals surface area contributed by atoms with E-state index < -0.39 is 5.41 Å². The fourth-order valence-corrected chi connectivity index (χ4v) is 6.77. The van der Waals surface area contributed by atoms with Gasteiger partial charge in [0.15, 0.2) is 5.82 Å². The van der Waals surface area contributed by atoms with Crippen LogP contribution in [0.5, 0.6) is 0 Å². The van der Waals surface area contributed by atoms with E-state index in [0.29, 0.717) is 55.7 Å². The van der Waals surface area contributed by atoms with E-state index in [1.807, 2.05) is 21.9 Å². The Hall–Kier alpha value is -5.00. The molecule has 240 valence electrons. The van der Waals surface area contributed by atoms with E-state index in [9.17, 15) is 19.1 Å². The zero-order valence-electron chi connectivity index (χ0n) is 25.9. The van der Waals surface area contributed by atoms with Gasteiger partial charge in [-0.1, -0.05) is 24.3 Å². The predicted octanol–water partition coefficient (Wildman–Crippen LogP) is 4.86. The van der Waals surface area contributed by atoms with E-state index in [1.165, 1.54) is 17.7 Å². The number of fused-ring (bicyclic) bond motifs is 1. The number of amides is 2. The van der Waals surface area contributed by atoms with Gasteiger partial charge in [0.2, 0.25) is 11.8 Å². The molecular formula is C36H36FN7O3. The highest BCUT2D eigenvalue weighted by Crippen LogP contribution is 2.34. The Labute approximate surface area is 271 Å². The van der Waals surface area contributed by atoms with Crippen molar-refractivity contribution < 1.29 is 19.1 Å². The molecule has 5 aromatic rings. The number of hydrogen-bond acceptors (Lipinski definition) is 7. The summed E-state index contributed by atoms with van der Waals surface area (Å²) < 4.78 is 13.5. The Morgan fingerprint density at radius 2 is 1.68 bits per heavy atom. The SMILES string of the molecule is O=C(CN1CC[C@@](CO)(C(=O)Nc2ccc3[nH]nc(-c4ccc(F)cc4)c3c2)C1)N1CCC(c2ccc(-c3ncccn3)cc2)CC1. The highest BCUT2D eigenvalue weighted by Gasteiger charge is 2.45. The Kier molecular flexibility index (Phi) is 8.48. The van der Waals surface area contributed by atoms with Crippen LogP contribution in [0.4, 0.5) is 10.1 Å². The highest BCUT2D eigenvalue weighted by atomic mass is 19.1. The van der Waals surface area contributed by atoms with Crippen LogP contribution in [0.15, 0.2) is 85.2 Å². The van der Waals surface area contributed by atoms with Crippen LogP contribution in [0.1, 0.15) is 30.7 Å². The van der Waals surface area contributed by atoms with E-state index in [-0.39, 0.29) is 30.8 Å². The maximum atomic E-state index is 13.6. The van der Waals surface area contributed by atoms with E-state index in [0.717, 1.165) is 34.9 Å². The first-order valence-electron chi connectivity index (χ1n) is 15.9. The maximum absolute atomic E-state index is 13.6. The first-order chi connectivity index (χ1) is 22.9. The second-order valence-electron chi connectivity index (χ2n) is 12.5. The Morgan fingerprint density at radius 3 is 2.40 bits per heavy atom. The smallest absolute Gasteiger partial charge is 0.236 e. The van der Waals surface area contributed by atoms with Crippen molar-refractivity contribution in [3.63, 3.8) is 0 Å². The summed E-state index contributed by atoms with van der Waals surface area (Å²) in [6.45, 7) is 2.10. The van der Waals surface area contributed by atoms with Crippen molar-refractivity contribution in [2.75, 3.05) is 44.6 Å². The van der Waals surface area contributed by atoms with E-state index in [4.69, 9.17) is 0 Å². The minimum atomic E-state index is -1.02. The molecule has 47 heavy (non-hydrogen) atoms. The summed E-state index contributed by atoms with van der Waals surface area (Å²) in [5.74, 6) is 0.525. The molecule has 2 aliphatic heterocycles. The molecule has 4 heterocycles. The number of anilines is 1. The predicted molar refractivity (Wildman–Crippen MR) is 177 cm³/mol. The number of aromatic amines is 1. The monoisotopic (exact) mass is 633 g/mol. The molecule has 0 spiro atoms. The molecular weight excluding hydrogens is 597 g/mol. The molecule has 10 nitrogen and oxygen atoms in total. The molecule has 2 aromatic heterocycles. The second-order valence-corrected chi connectivity index (χ2v) is 12.5. The summed E-state index contributed by atoms with van der Waals surface area (Å²) in [7, 11) is 0. The van der Waals surface area contributed by atoms with Gasteiger partial charge >= 0.3 is 0 Å². The lowest BCUT2D eigenvalue weighted by Crippen LogP contribution is -2.46. The normalized spacial score (nSPS) is 18.9. The minimum absolute atomic E-state index is 0.0490. The molecule has 0 aliphatic carbocycles. The van der Waals surface area contributed by atoms with Crippen LogP contribution in [0.25, 0.3) is 33.5 Å². The third-order valence-corrected chi connectivity index (χ3v) is 9.57. The van der Waals surface area contributed by atoms with Crippen LogP contribution in [0, 0.1) is 11.2 Å². The number of piperidine rings is 1. The fourth-order valence-electron chi connectivity index (χ4n) is 6.77. The number of aliphatic hydroxyl groups excluding tert-OH is 1. The average molecular weight is 634 g/mol. The van der Waals surface area contributed by atoms with Crippen molar-refractivity contribution in [3.8, 4) is 22.6 Å². The van der Waals surface area contributed by atoms with Crippen molar-refractivity contribution in [1.82, 2.24) is 30.0 Å². The number of nitrogens with zero attached hydrogens (tertiary/aromatic N) is 5. The lowest BCUT2D eigenvalue weighted by atomic mass is 9.87. The first-order valence-corrected chi connectivity index (χ1v) is 15.9. The summed E-state index contributed by atoms with van der Waals surface area (Å²) in [5.41, 5.74) is 3.98. The summed E-state index contributed by atoms with van der Waals surface area (Å²) in [6, 6.07) is 21.7. The molecule has 3 N–H and O–H groups in total. The summed E-state index contributed by atoms with van der Waals surface area (Å²) >= 11 is 0. The number of rotatable bonds is 8. The van der Waals surface area contributed by atoms with Gasteiger partial charge in [0, 0.05) is 54.2 Å². The van der Waals surface area contributed by atoms with E-state index in [1.54, 1.807) is 36.7 Å². The molecule has 0 saturated carbocycles. The number of benzene rings is 3. The standard InChI is InChI=1S/C36H36FN7O3/c37-28-8-6-26(7-9-28)33-30-20-29(10-11-31(30)41-42-33)40-35(47)36(23-45)14-19-43(22-36)21-32(46)44-17-12-25(13-18-44)24-2-4-27(5-3-24)34-38-15-1-16-39-34/h1-11,15-16,20,25,45H,12-14,17-19,21-23H2,(H,40,47)(H,41,42)/t36-/m1/s1. The summed E-state index contributed by atoms with van der Waals surface area (Å²) in [6.07, 6.45) is 5.70. The Bertz CT molecular complexity index is 1870. The molecule has 7 rings (SSSR count). The molecule has 0 unspecified atom stereocenters. The first kappa shape index (κ1) is 30.6. The lowest BCUT2D eigenvalue weighted by Gasteiger charge is -2.33. The van der Waals surface area contributed by atoms with Gasteiger partial charge in [-0.05, 0) is 85.8 Å². The number of likely N-dealkylation sites (tertiary alicyclic amines) is 2. The topological polar surface area (TPSA) is 127 Å². The molecule has 2 amide bonds. The van der Waals surface area contributed by atoms with Crippen molar-refractivity contribution in [2.24, 2.45) is 5.41 Å². The van der Waals surface area contributed by atoms with Gasteiger partial charge in [-0.2, -0.15) is 5.10 Å². The molecule has 0 radical (unpaired) electrons. The van der Waals surface area contributed by atoms with Gasteiger partial charge in [0.25, 0.3) is 0 Å². The van der Waals surface area contributed by atoms with Gasteiger partial charge in [0.1, 0.15) is 5.82 Å². The Morgan fingerprint density at radius 1 is 0.957 bits per heavy atom. The van der Waals surface area contributed by atoms with Crippen molar-refractivity contribution >= 4 is 28.4 Å². The molecule has 3 aromatic carbocycles. The number of carbonyl (C=O) groups excluding carboxylic acids is 2. The number of aliphatic hydroxyl groups is 1. The number of halogens is 1. The zero-order chi connectivity index (χ0) is 32.4. The van der Waals surface area contributed by atoms with Crippen molar-refractivity contribution in [1.29, 1.82) is 0 Å². The molecule has 0 bridgehead atoms. The molecule has 2 aliphatic rings. The molecule has 1 atom stereocenters. The largest absolute Gasteiger partial charge is 0.395 e. The third kappa shape index (κ3) is 6.36. The quantitative estimate of drug-likeness (QED) is 0.223. The maximum Gasteiger partial charge on any atom is 0.236 e. The highest BCUT2D eigenvalue weighted by molar-refractivity contribution is 6.00. The minimum Gasteiger partial charge on any atom is -0.395 e. The van der Waals surface area contributed by atoms with Crippen LogP contribution in [0.2, 0.25) is 0 Å². The number of carbonyl (C=O) groups is 2. The zero-order valence-corrected chi connectivity index (χ0v) is 25.9. The number of hydrogen-bond donors (Lipinski definition) is 3. The van der Waals surface area contributed by atoms with Crippen LogP contribution in [-0.2, 0) is 9.59 Å². The van der Waals surface area contributed by atoms with Crippen LogP contribution < -0.4 is 5.32 Å². The summed E-state index contributed by atoms with van der Waals surface area (Å²) in [5, 5.41) is 21.5. The van der Waals surface area contributed by atoms with E-state index in [2.05, 4.69) is 49.7 Å². The van der Waals surface area contributed by atoms with Crippen LogP contribution in [0.3, 0.4) is 0 Å². The second kappa shape index (κ2) is 13.0. The summed E-state index contributed by atoms with van der Waals surface area (Å²) in [4.78, 5) is 39.4. The molecule has 2 saturated heterocycles. The van der Waals surface area contributed by atoms with Gasteiger partial charge in [-0.3, -0.25) is 19.6 Å². The van der Waals surface area contributed by atoms with Crippen molar-refractivity contribution in [3.05, 3.63) is 96.6 Å². The van der Waals surface area contributed by atoms with E-state index >= 15 is 0 Å². The van der Waals surface area contributed by atoms with Crippen LogP contribution in [-0.4, -0.2) is 86.2 Å². The average Bonchev–Trinajstić information content (AvgIpc) is 3.74. The Balaban J connectivity index is 0.939. The van der Waals surface area contributed by atoms with Crippen molar-refractivity contribution in [2.45, 2.75) is 25.2 Å². The van der Waals surface area contributed by atoms with Crippen LogP contribution >= 0.6 is 0 Å². The number of H-pyrrole nitrogens is 1. The third-order valence-electron chi connectivity index (χ3n) is 9.57. The van der Waals surface area contributed by atoms with Gasteiger partial charge in [0.05, 0.1) is 29.8 Å². The fraction of sp³-hybridized carbons (Fsp3) is 0.306. The molecule has 11 heteroatoms. The number of nitrogens with one attached hydrogen (secondary N) is 2. The van der Waals surface area contributed by atoms with Gasteiger partial charge in [-0.25, -0.2) is 14.4 Å². The van der Waals surface area contributed by atoms with Gasteiger partial charge < -0.3 is 15.3 Å². The lowest BCUT2D eigenvalue weighted by molar-refractivity contribution is -0.134. The number of aromatic nitrogens is 4. The van der Waals surface area contributed by atoms with Gasteiger partial charge in [-0.15, -0.1) is 0 Å². The molecule has 2 fully saturated rings.